The van der Waals surface area contributed by atoms with Crippen molar-refractivity contribution >= 4 is 23.5 Å². The number of H-pyrrole nitrogens is 1. The molecule has 24 heavy (non-hydrogen) atoms. The lowest BCUT2D eigenvalue weighted by Crippen LogP contribution is -2.44. The number of nitrogens with zero attached hydrogens (tertiary/aromatic N) is 2. The zero-order valence-electron chi connectivity index (χ0n) is 14.1. The molecule has 0 spiro atoms. The smallest absolute Gasteiger partial charge is 0.244 e. The molecule has 0 radical (unpaired) electrons. The van der Waals surface area contributed by atoms with E-state index in [9.17, 15) is 4.79 Å². The Kier molecular flexibility index (Phi) is 6.63. The molecule has 1 amide bonds. The molecule has 2 aromatic rings. The largest absolute Gasteiger partial charge is 0.340 e. The van der Waals surface area contributed by atoms with E-state index in [2.05, 4.69) is 16.9 Å². The number of unbranched alkanes of at least 4 members (excludes halogenated alkanes) is 1. The van der Waals surface area contributed by atoms with E-state index in [4.69, 9.17) is 18.0 Å². The minimum atomic E-state index is -0.766. The van der Waals surface area contributed by atoms with Crippen molar-refractivity contribution in [2.45, 2.75) is 38.3 Å². The predicted octanol–water partition coefficient (Wildman–Crippen LogP) is 3.09. The van der Waals surface area contributed by atoms with Crippen molar-refractivity contribution < 1.29 is 4.79 Å². The van der Waals surface area contributed by atoms with Gasteiger partial charge in [-0.3, -0.25) is 4.79 Å². The molecule has 1 heterocycles. The molecule has 0 saturated heterocycles. The van der Waals surface area contributed by atoms with Crippen molar-refractivity contribution in [1.29, 1.82) is 0 Å². The molecular weight excluding hydrogens is 320 g/mol. The third-order valence-corrected chi connectivity index (χ3v) is 4.37. The zero-order valence-corrected chi connectivity index (χ0v) is 14.9. The van der Waals surface area contributed by atoms with E-state index in [1.165, 1.54) is 5.37 Å². The highest BCUT2D eigenvalue weighted by Gasteiger charge is 2.26. The average Bonchev–Trinajstić information content (AvgIpc) is 3.11. The first kappa shape index (κ1) is 18.3. The molecule has 0 fully saturated rings. The quantitative estimate of drug-likeness (QED) is 0.722. The molecular formula is C18H24N4OS. The normalized spacial score (nSPS) is 13.3. The Labute approximate surface area is 148 Å². The number of thiocarbonyl (C=S) groups is 1. The van der Waals surface area contributed by atoms with E-state index < -0.39 is 6.04 Å². The van der Waals surface area contributed by atoms with E-state index in [0.29, 0.717) is 0 Å². The highest BCUT2D eigenvalue weighted by molar-refractivity contribution is 7.79. The summed E-state index contributed by atoms with van der Waals surface area (Å²) >= 11 is 4.81. The Morgan fingerprint density at radius 1 is 1.42 bits per heavy atom. The summed E-state index contributed by atoms with van der Waals surface area (Å²) in [4.78, 5) is 21.9. The predicted molar refractivity (Wildman–Crippen MR) is 101 cm³/mol. The van der Waals surface area contributed by atoms with E-state index in [1.54, 1.807) is 18.1 Å². The van der Waals surface area contributed by atoms with Crippen LogP contribution in [0.2, 0.25) is 0 Å². The van der Waals surface area contributed by atoms with E-state index in [0.717, 1.165) is 36.3 Å². The number of aromatic amines is 1. The second-order valence-electron chi connectivity index (χ2n) is 5.82. The minimum Gasteiger partial charge on any atom is -0.340 e. The topological polar surface area (TPSA) is 75.0 Å². The maximum atomic E-state index is 12.4. The van der Waals surface area contributed by atoms with Gasteiger partial charge in [-0.05, 0) is 12.0 Å². The van der Waals surface area contributed by atoms with Gasteiger partial charge in [0.1, 0.15) is 11.9 Å². The van der Waals surface area contributed by atoms with Crippen molar-refractivity contribution in [1.82, 2.24) is 14.9 Å². The van der Waals surface area contributed by atoms with Crippen LogP contribution >= 0.6 is 12.2 Å². The summed E-state index contributed by atoms with van der Waals surface area (Å²) in [6.45, 7) is 2.12. The van der Waals surface area contributed by atoms with Gasteiger partial charge in [0.25, 0.3) is 0 Å². The lowest BCUT2D eigenvalue weighted by molar-refractivity contribution is -0.132. The lowest BCUT2D eigenvalue weighted by Gasteiger charge is -2.28. The standard InChI is InChI=1S/C18H24N4OS/c1-3-4-10-16(22(2)18(23)14(19)12-24)17-20-11-15(21-17)13-8-6-5-7-9-13/h5-9,11-12,14,16H,3-4,10,19H2,1-2H3,(H,20,21). The zero-order chi connectivity index (χ0) is 17.5. The minimum absolute atomic E-state index is 0.143. The molecule has 2 unspecified atom stereocenters. The van der Waals surface area contributed by atoms with E-state index in [1.807, 2.05) is 30.3 Å². The van der Waals surface area contributed by atoms with Gasteiger partial charge in [-0.15, -0.1) is 0 Å². The fourth-order valence-electron chi connectivity index (χ4n) is 2.63. The molecule has 0 saturated carbocycles. The van der Waals surface area contributed by atoms with Crippen LogP contribution in [0.5, 0.6) is 0 Å². The second-order valence-corrected chi connectivity index (χ2v) is 6.09. The van der Waals surface area contributed by atoms with Crippen LogP contribution in [0.3, 0.4) is 0 Å². The first-order valence-electron chi connectivity index (χ1n) is 8.16. The summed E-state index contributed by atoms with van der Waals surface area (Å²) < 4.78 is 0. The molecule has 0 aliphatic heterocycles. The highest BCUT2D eigenvalue weighted by atomic mass is 32.1. The SMILES string of the molecule is CCCCC(c1ncc(-c2ccccc2)[nH]1)N(C)C(=O)C(N)C=S. The van der Waals surface area contributed by atoms with Gasteiger partial charge in [0.05, 0.1) is 17.9 Å². The Morgan fingerprint density at radius 3 is 2.75 bits per heavy atom. The van der Waals surface area contributed by atoms with Crippen molar-refractivity contribution in [3.05, 3.63) is 42.4 Å². The van der Waals surface area contributed by atoms with Crippen molar-refractivity contribution in [2.24, 2.45) is 5.73 Å². The molecule has 0 aliphatic carbocycles. The van der Waals surface area contributed by atoms with Crippen LogP contribution in [-0.2, 0) is 4.79 Å². The fourth-order valence-corrected chi connectivity index (χ4v) is 2.74. The summed E-state index contributed by atoms with van der Waals surface area (Å²) in [5.41, 5.74) is 7.78. The number of hydrogen-bond acceptors (Lipinski definition) is 4. The number of carbonyl (C=O) groups is 1. The number of carbonyl (C=O) groups excluding carboxylic acids is 1. The van der Waals surface area contributed by atoms with Crippen LogP contribution in [0.4, 0.5) is 0 Å². The number of aromatic nitrogens is 2. The van der Waals surface area contributed by atoms with Gasteiger partial charge in [-0.25, -0.2) is 4.98 Å². The first-order valence-corrected chi connectivity index (χ1v) is 8.63. The Hall–Kier alpha value is -2.05. The van der Waals surface area contributed by atoms with Crippen molar-refractivity contribution in [3.63, 3.8) is 0 Å². The number of nitrogens with one attached hydrogen (secondary N) is 1. The van der Waals surface area contributed by atoms with Crippen LogP contribution in [0, 0.1) is 0 Å². The van der Waals surface area contributed by atoms with Crippen LogP contribution in [0.15, 0.2) is 36.5 Å². The number of rotatable bonds is 8. The summed E-state index contributed by atoms with van der Waals surface area (Å²) in [5, 5.41) is 1.30. The summed E-state index contributed by atoms with van der Waals surface area (Å²) in [6.07, 6.45) is 4.67. The Balaban J connectivity index is 2.26. The van der Waals surface area contributed by atoms with Gasteiger partial charge >= 0.3 is 0 Å². The van der Waals surface area contributed by atoms with Gasteiger partial charge in [-0.2, -0.15) is 0 Å². The van der Waals surface area contributed by atoms with E-state index in [-0.39, 0.29) is 11.9 Å². The van der Waals surface area contributed by atoms with Gasteiger partial charge in [-0.1, -0.05) is 62.3 Å². The van der Waals surface area contributed by atoms with Crippen molar-refractivity contribution in [3.8, 4) is 11.3 Å². The highest BCUT2D eigenvalue weighted by Crippen LogP contribution is 2.26. The fraction of sp³-hybridized carbons (Fsp3) is 0.389. The molecule has 6 heteroatoms. The molecule has 1 aromatic heterocycles. The average molecular weight is 344 g/mol. The molecule has 0 aliphatic rings. The van der Waals surface area contributed by atoms with Gasteiger partial charge in [0, 0.05) is 12.4 Å². The third-order valence-electron chi connectivity index (χ3n) is 4.07. The van der Waals surface area contributed by atoms with Gasteiger partial charge in [0.15, 0.2) is 0 Å². The lowest BCUT2D eigenvalue weighted by atomic mass is 10.1. The molecule has 5 nitrogen and oxygen atoms in total. The van der Waals surface area contributed by atoms with Crippen LogP contribution < -0.4 is 5.73 Å². The maximum Gasteiger partial charge on any atom is 0.244 e. The Morgan fingerprint density at radius 2 is 2.12 bits per heavy atom. The molecule has 1 aromatic carbocycles. The molecule has 2 rings (SSSR count). The number of imidazole rings is 1. The molecule has 0 bridgehead atoms. The molecule has 3 N–H and O–H groups in total. The van der Waals surface area contributed by atoms with Gasteiger partial charge in [0.2, 0.25) is 5.91 Å². The Bertz CT molecular complexity index is 671. The number of amides is 1. The second kappa shape index (κ2) is 8.70. The van der Waals surface area contributed by atoms with Crippen LogP contribution in [0.1, 0.15) is 38.1 Å². The number of hydrogen-bond donors (Lipinski definition) is 2. The summed E-state index contributed by atoms with van der Waals surface area (Å²) in [6, 6.07) is 9.08. The third kappa shape index (κ3) is 4.27. The molecule has 128 valence electrons. The first-order chi connectivity index (χ1) is 11.6. The maximum absolute atomic E-state index is 12.4. The van der Waals surface area contributed by atoms with Crippen LogP contribution in [0.25, 0.3) is 11.3 Å². The van der Waals surface area contributed by atoms with E-state index >= 15 is 0 Å². The van der Waals surface area contributed by atoms with Gasteiger partial charge < -0.3 is 15.6 Å². The van der Waals surface area contributed by atoms with Crippen LogP contribution in [-0.4, -0.2) is 39.2 Å². The molecule has 2 atom stereocenters. The summed E-state index contributed by atoms with van der Waals surface area (Å²) in [7, 11) is 1.76. The summed E-state index contributed by atoms with van der Waals surface area (Å²) in [5.74, 6) is 0.582. The number of benzene rings is 1. The van der Waals surface area contributed by atoms with Crippen molar-refractivity contribution in [2.75, 3.05) is 7.05 Å². The number of likely N-dealkylation sites (N-methyl/N-ethyl adjacent to an activating group) is 1. The number of nitrogens with two attached hydrogens (primary N) is 1. The monoisotopic (exact) mass is 344 g/mol.